The Morgan fingerprint density at radius 3 is 2.69 bits per heavy atom. The number of hydrogen-bond donors (Lipinski definition) is 1. The second-order valence-corrected chi connectivity index (χ2v) is 9.07. The molecule has 0 spiro atoms. The lowest BCUT2D eigenvalue weighted by molar-refractivity contribution is 0.00791. The van der Waals surface area contributed by atoms with Crippen LogP contribution >= 0.6 is 11.3 Å². The van der Waals surface area contributed by atoms with Crippen molar-refractivity contribution < 1.29 is 4.74 Å². The first-order chi connectivity index (χ1) is 14.3. The molecule has 1 saturated heterocycles. The summed E-state index contributed by atoms with van der Waals surface area (Å²) in [5, 5.41) is 7.99. The van der Waals surface area contributed by atoms with E-state index in [9.17, 15) is 0 Å². The van der Waals surface area contributed by atoms with Gasteiger partial charge in [-0.2, -0.15) is 0 Å². The van der Waals surface area contributed by atoms with E-state index < -0.39 is 0 Å². The van der Waals surface area contributed by atoms with E-state index in [4.69, 9.17) is 4.74 Å². The third-order valence-electron chi connectivity index (χ3n) is 6.15. The highest BCUT2D eigenvalue weighted by Gasteiger charge is 2.27. The van der Waals surface area contributed by atoms with Crippen LogP contribution in [0.3, 0.4) is 0 Å². The molecule has 0 bridgehead atoms. The number of nitrogens with one attached hydrogen (secondary N) is 1. The molecule has 2 aromatic heterocycles. The van der Waals surface area contributed by atoms with Crippen LogP contribution in [0, 0.1) is 6.92 Å². The fourth-order valence-corrected chi connectivity index (χ4v) is 5.17. The summed E-state index contributed by atoms with van der Waals surface area (Å²) < 4.78 is 5.50. The predicted octanol–water partition coefficient (Wildman–Crippen LogP) is 4.12. The van der Waals surface area contributed by atoms with Crippen molar-refractivity contribution in [3.05, 3.63) is 34.9 Å². The summed E-state index contributed by atoms with van der Waals surface area (Å²) in [5.74, 6) is 0.943. The van der Waals surface area contributed by atoms with Crippen LogP contribution in [-0.2, 0) is 4.74 Å². The summed E-state index contributed by atoms with van der Waals surface area (Å²) in [6, 6.07) is 7.52. The Balaban J connectivity index is 1.31. The monoisotopic (exact) mass is 409 g/mol. The van der Waals surface area contributed by atoms with Gasteiger partial charge in [0.2, 0.25) is 0 Å². The van der Waals surface area contributed by atoms with Crippen molar-refractivity contribution in [2.75, 3.05) is 31.6 Å². The summed E-state index contributed by atoms with van der Waals surface area (Å²) in [5.41, 5.74) is 3.12. The van der Waals surface area contributed by atoms with E-state index in [1.54, 1.807) is 17.7 Å². The average Bonchev–Trinajstić information content (AvgIpc) is 3.21. The van der Waals surface area contributed by atoms with E-state index in [1.807, 2.05) is 6.92 Å². The number of nitrogens with zero attached hydrogens (tertiary/aromatic N) is 4. The summed E-state index contributed by atoms with van der Waals surface area (Å²) in [6.45, 7) is 5.97. The number of benzene rings is 1. The smallest absolute Gasteiger partial charge is 0.137 e. The number of thiazole rings is 1. The number of fused-ring (bicyclic) bond motifs is 1. The molecule has 1 N–H and O–H groups in total. The van der Waals surface area contributed by atoms with Gasteiger partial charge in [0.25, 0.3) is 0 Å². The molecule has 0 unspecified atom stereocenters. The van der Waals surface area contributed by atoms with E-state index >= 15 is 0 Å². The molecule has 1 saturated carbocycles. The maximum atomic E-state index is 5.50. The highest BCUT2D eigenvalue weighted by molar-refractivity contribution is 7.09. The first kappa shape index (κ1) is 18.9. The SMILES string of the molecule is Cc1nc(-c2ccc3ncnc(NC4CCC(N5CCOCC5)CC4)c3c2)cs1. The zero-order valence-corrected chi connectivity index (χ0v) is 17.6. The lowest BCUT2D eigenvalue weighted by Gasteiger charge is -2.39. The zero-order chi connectivity index (χ0) is 19.6. The lowest BCUT2D eigenvalue weighted by atomic mass is 9.90. The molecule has 1 aliphatic heterocycles. The van der Waals surface area contributed by atoms with Crippen molar-refractivity contribution in [2.45, 2.75) is 44.7 Å². The quantitative estimate of drug-likeness (QED) is 0.699. The van der Waals surface area contributed by atoms with Crippen LogP contribution < -0.4 is 5.32 Å². The average molecular weight is 410 g/mol. The van der Waals surface area contributed by atoms with Crippen LogP contribution in [0.1, 0.15) is 30.7 Å². The molecule has 6 nitrogen and oxygen atoms in total. The van der Waals surface area contributed by atoms with Crippen LogP contribution in [0.5, 0.6) is 0 Å². The van der Waals surface area contributed by atoms with E-state index in [1.165, 1.54) is 25.7 Å². The summed E-state index contributed by atoms with van der Waals surface area (Å²) in [4.78, 5) is 16.3. The molecule has 0 radical (unpaired) electrons. The minimum atomic E-state index is 0.468. The van der Waals surface area contributed by atoms with Crippen LogP contribution in [0.2, 0.25) is 0 Å². The number of morpholine rings is 1. The number of rotatable bonds is 4. The topological polar surface area (TPSA) is 63.2 Å². The Kier molecular flexibility index (Phi) is 5.44. The molecule has 2 fully saturated rings. The maximum Gasteiger partial charge on any atom is 0.137 e. The molecule has 0 atom stereocenters. The van der Waals surface area contributed by atoms with Crippen molar-refractivity contribution in [3.63, 3.8) is 0 Å². The van der Waals surface area contributed by atoms with Crippen LogP contribution in [0.25, 0.3) is 22.2 Å². The van der Waals surface area contributed by atoms with E-state index in [-0.39, 0.29) is 0 Å². The molecular formula is C22H27N5OS. The van der Waals surface area contributed by atoms with Gasteiger partial charge >= 0.3 is 0 Å². The van der Waals surface area contributed by atoms with Gasteiger partial charge in [-0.3, -0.25) is 4.90 Å². The molecular weight excluding hydrogens is 382 g/mol. The Morgan fingerprint density at radius 1 is 1.10 bits per heavy atom. The van der Waals surface area contributed by atoms with Gasteiger partial charge < -0.3 is 10.1 Å². The van der Waals surface area contributed by atoms with Crippen molar-refractivity contribution in [2.24, 2.45) is 0 Å². The molecule has 1 aliphatic carbocycles. The molecule has 1 aromatic carbocycles. The molecule has 3 aromatic rings. The number of aromatic nitrogens is 3. The standard InChI is InChI=1S/C22H27N5OS/c1-15-25-21(13-29-15)16-2-7-20-19(12-16)22(24-14-23-20)26-17-3-5-18(6-4-17)27-8-10-28-11-9-27/h2,7,12-14,17-18H,3-6,8-11H2,1H3,(H,23,24,26). The molecule has 5 rings (SSSR count). The summed E-state index contributed by atoms with van der Waals surface area (Å²) in [7, 11) is 0. The Labute approximate surface area is 175 Å². The third kappa shape index (κ3) is 4.13. The highest BCUT2D eigenvalue weighted by Crippen LogP contribution is 2.30. The highest BCUT2D eigenvalue weighted by atomic mass is 32.1. The number of aryl methyl sites for hydroxylation is 1. The van der Waals surface area contributed by atoms with E-state index in [0.717, 1.165) is 59.3 Å². The van der Waals surface area contributed by atoms with Gasteiger partial charge in [0.05, 0.1) is 29.4 Å². The zero-order valence-electron chi connectivity index (χ0n) is 16.8. The first-order valence-electron chi connectivity index (χ1n) is 10.5. The fraction of sp³-hybridized carbons (Fsp3) is 0.500. The van der Waals surface area contributed by atoms with Crippen molar-refractivity contribution in [1.29, 1.82) is 0 Å². The molecule has 29 heavy (non-hydrogen) atoms. The van der Waals surface area contributed by atoms with Gasteiger partial charge in [-0.15, -0.1) is 11.3 Å². The number of hydrogen-bond acceptors (Lipinski definition) is 7. The number of ether oxygens (including phenoxy) is 1. The van der Waals surface area contributed by atoms with Crippen molar-refractivity contribution in [1.82, 2.24) is 19.9 Å². The van der Waals surface area contributed by atoms with Gasteiger partial charge in [-0.05, 0) is 44.7 Å². The predicted molar refractivity (Wildman–Crippen MR) is 117 cm³/mol. The second-order valence-electron chi connectivity index (χ2n) is 8.00. The van der Waals surface area contributed by atoms with Gasteiger partial charge in [-0.25, -0.2) is 15.0 Å². The van der Waals surface area contributed by atoms with Crippen LogP contribution in [0.4, 0.5) is 5.82 Å². The minimum Gasteiger partial charge on any atom is -0.379 e. The van der Waals surface area contributed by atoms with Crippen molar-refractivity contribution in [3.8, 4) is 11.3 Å². The normalized spacial score (nSPS) is 23.3. The van der Waals surface area contributed by atoms with E-state index in [0.29, 0.717) is 12.1 Å². The van der Waals surface area contributed by atoms with Crippen molar-refractivity contribution >= 4 is 28.1 Å². The molecule has 3 heterocycles. The molecule has 2 aliphatic rings. The van der Waals surface area contributed by atoms with Crippen LogP contribution in [0.15, 0.2) is 29.9 Å². The second kappa shape index (κ2) is 8.34. The molecule has 0 amide bonds. The third-order valence-corrected chi connectivity index (χ3v) is 6.92. The van der Waals surface area contributed by atoms with Gasteiger partial charge in [-0.1, -0.05) is 6.07 Å². The Morgan fingerprint density at radius 2 is 1.93 bits per heavy atom. The Bertz CT molecular complexity index is 976. The molecule has 7 heteroatoms. The van der Waals surface area contributed by atoms with E-state index in [2.05, 4.69) is 48.7 Å². The molecule has 152 valence electrons. The fourth-order valence-electron chi connectivity index (χ4n) is 4.55. The van der Waals surface area contributed by atoms with Gasteiger partial charge in [0.15, 0.2) is 0 Å². The largest absolute Gasteiger partial charge is 0.379 e. The van der Waals surface area contributed by atoms with Crippen LogP contribution in [-0.4, -0.2) is 58.2 Å². The minimum absolute atomic E-state index is 0.468. The Hall–Kier alpha value is -2.09. The van der Waals surface area contributed by atoms with Gasteiger partial charge in [0, 0.05) is 41.5 Å². The first-order valence-corrected chi connectivity index (χ1v) is 11.4. The summed E-state index contributed by atoms with van der Waals surface area (Å²) >= 11 is 1.68. The maximum absolute atomic E-state index is 5.50. The lowest BCUT2D eigenvalue weighted by Crippen LogP contribution is -2.46. The summed E-state index contributed by atoms with van der Waals surface area (Å²) in [6.07, 6.45) is 6.50. The number of anilines is 1. The van der Waals surface area contributed by atoms with Gasteiger partial charge in [0.1, 0.15) is 12.1 Å².